The van der Waals surface area contributed by atoms with E-state index in [0.717, 1.165) is 44.7 Å². The Bertz CT molecular complexity index is 224. The second-order valence-electron chi connectivity index (χ2n) is 5.17. The van der Waals surface area contributed by atoms with Gasteiger partial charge in [0.2, 0.25) is 5.91 Å². The maximum atomic E-state index is 12.3. The van der Waals surface area contributed by atoms with Gasteiger partial charge in [-0.3, -0.25) is 4.79 Å². The molecule has 0 spiro atoms. The SMILES string of the molecule is CCCCC(CC)C(=O)N1CCC(CCl)CC1. The van der Waals surface area contributed by atoms with E-state index in [-0.39, 0.29) is 5.92 Å². The minimum absolute atomic E-state index is 0.252. The topological polar surface area (TPSA) is 20.3 Å². The van der Waals surface area contributed by atoms with E-state index in [4.69, 9.17) is 11.6 Å². The molecule has 1 rings (SSSR count). The lowest BCUT2D eigenvalue weighted by Gasteiger charge is -2.33. The zero-order valence-electron chi connectivity index (χ0n) is 11.3. The molecule has 100 valence electrons. The number of unbranched alkanes of at least 4 members (excludes halogenated alkanes) is 1. The number of nitrogens with zero attached hydrogens (tertiary/aromatic N) is 1. The van der Waals surface area contributed by atoms with E-state index in [1.54, 1.807) is 0 Å². The number of carbonyl (C=O) groups is 1. The second kappa shape index (κ2) is 7.97. The fraction of sp³-hybridized carbons (Fsp3) is 0.929. The van der Waals surface area contributed by atoms with Crippen LogP contribution in [-0.4, -0.2) is 29.8 Å². The number of alkyl halides is 1. The molecule has 0 aromatic carbocycles. The molecule has 17 heavy (non-hydrogen) atoms. The lowest BCUT2D eigenvalue weighted by molar-refractivity contribution is -0.137. The van der Waals surface area contributed by atoms with Crippen LogP contribution < -0.4 is 0 Å². The van der Waals surface area contributed by atoms with Gasteiger partial charge in [-0.25, -0.2) is 0 Å². The Hall–Kier alpha value is -0.240. The predicted octanol–water partition coefficient (Wildman–Crippen LogP) is 3.68. The van der Waals surface area contributed by atoms with Crippen molar-refractivity contribution in [2.75, 3.05) is 19.0 Å². The van der Waals surface area contributed by atoms with Crippen LogP contribution in [-0.2, 0) is 4.79 Å². The Morgan fingerprint density at radius 1 is 1.35 bits per heavy atom. The Balaban J connectivity index is 2.40. The molecule has 2 nitrogen and oxygen atoms in total. The standard InChI is InChI=1S/C14H26ClNO/c1-3-5-6-13(4-2)14(17)16-9-7-12(11-15)8-10-16/h12-13H,3-11H2,1-2H3. The molecule has 0 aromatic rings. The minimum Gasteiger partial charge on any atom is -0.342 e. The van der Waals surface area contributed by atoms with Crippen LogP contribution in [0.25, 0.3) is 0 Å². The summed E-state index contributed by atoms with van der Waals surface area (Å²) in [5.74, 6) is 2.00. The number of likely N-dealkylation sites (tertiary alicyclic amines) is 1. The van der Waals surface area contributed by atoms with Crippen molar-refractivity contribution in [2.24, 2.45) is 11.8 Å². The van der Waals surface area contributed by atoms with Crippen molar-refractivity contribution in [3.63, 3.8) is 0 Å². The highest BCUT2D eigenvalue weighted by Crippen LogP contribution is 2.22. The van der Waals surface area contributed by atoms with Crippen LogP contribution >= 0.6 is 11.6 Å². The summed E-state index contributed by atoms with van der Waals surface area (Å²) in [5.41, 5.74) is 0. The van der Waals surface area contributed by atoms with Crippen molar-refractivity contribution in [1.29, 1.82) is 0 Å². The fourth-order valence-corrected chi connectivity index (χ4v) is 2.83. The molecule has 0 bridgehead atoms. The van der Waals surface area contributed by atoms with Crippen LogP contribution in [0.1, 0.15) is 52.4 Å². The normalized spacial score (nSPS) is 19.4. The van der Waals surface area contributed by atoms with Crippen molar-refractivity contribution in [3.8, 4) is 0 Å². The minimum atomic E-state index is 0.252. The number of piperidine rings is 1. The zero-order valence-corrected chi connectivity index (χ0v) is 12.0. The molecule has 0 N–H and O–H groups in total. The molecular formula is C14H26ClNO. The summed E-state index contributed by atoms with van der Waals surface area (Å²) in [7, 11) is 0. The number of carbonyl (C=O) groups excluding carboxylic acids is 1. The monoisotopic (exact) mass is 259 g/mol. The van der Waals surface area contributed by atoms with Gasteiger partial charge in [-0.2, -0.15) is 0 Å². The van der Waals surface area contributed by atoms with E-state index in [1.165, 1.54) is 12.8 Å². The van der Waals surface area contributed by atoms with Gasteiger partial charge in [-0.15, -0.1) is 11.6 Å². The largest absolute Gasteiger partial charge is 0.342 e. The summed E-state index contributed by atoms with van der Waals surface area (Å²) >= 11 is 5.86. The summed E-state index contributed by atoms with van der Waals surface area (Å²) in [5, 5.41) is 0. The van der Waals surface area contributed by atoms with E-state index in [1.807, 2.05) is 0 Å². The summed E-state index contributed by atoms with van der Waals surface area (Å²) in [6, 6.07) is 0. The molecule has 0 radical (unpaired) electrons. The van der Waals surface area contributed by atoms with Gasteiger partial charge in [-0.1, -0.05) is 26.7 Å². The number of hydrogen-bond donors (Lipinski definition) is 0. The van der Waals surface area contributed by atoms with Gasteiger partial charge in [0.1, 0.15) is 0 Å². The van der Waals surface area contributed by atoms with Crippen molar-refractivity contribution in [1.82, 2.24) is 4.90 Å². The molecule has 1 atom stereocenters. The molecule has 0 aliphatic carbocycles. The van der Waals surface area contributed by atoms with Crippen molar-refractivity contribution >= 4 is 17.5 Å². The van der Waals surface area contributed by atoms with E-state index >= 15 is 0 Å². The fourth-order valence-electron chi connectivity index (χ4n) is 2.52. The number of rotatable bonds is 6. The van der Waals surface area contributed by atoms with E-state index < -0.39 is 0 Å². The lowest BCUT2D eigenvalue weighted by atomic mass is 9.94. The molecule has 1 aliphatic rings. The molecule has 1 saturated heterocycles. The third kappa shape index (κ3) is 4.50. The molecule has 0 aromatic heterocycles. The number of hydrogen-bond acceptors (Lipinski definition) is 1. The first-order chi connectivity index (χ1) is 8.22. The zero-order chi connectivity index (χ0) is 12.7. The molecule has 1 fully saturated rings. The van der Waals surface area contributed by atoms with E-state index in [9.17, 15) is 4.79 Å². The van der Waals surface area contributed by atoms with Crippen LogP contribution in [0.5, 0.6) is 0 Å². The first kappa shape index (κ1) is 14.8. The van der Waals surface area contributed by atoms with Crippen molar-refractivity contribution in [2.45, 2.75) is 52.4 Å². The van der Waals surface area contributed by atoms with E-state index in [0.29, 0.717) is 11.8 Å². The smallest absolute Gasteiger partial charge is 0.225 e. The number of amides is 1. The molecule has 3 heteroatoms. The van der Waals surface area contributed by atoms with Gasteiger partial charge in [0.25, 0.3) is 0 Å². The van der Waals surface area contributed by atoms with Crippen LogP contribution in [0.15, 0.2) is 0 Å². The van der Waals surface area contributed by atoms with Crippen LogP contribution in [0, 0.1) is 11.8 Å². The second-order valence-corrected chi connectivity index (χ2v) is 5.48. The summed E-state index contributed by atoms with van der Waals surface area (Å²) in [6.45, 7) is 6.14. The maximum Gasteiger partial charge on any atom is 0.225 e. The molecule has 1 amide bonds. The first-order valence-corrected chi connectivity index (χ1v) is 7.61. The Morgan fingerprint density at radius 2 is 2.00 bits per heavy atom. The van der Waals surface area contributed by atoms with Crippen LogP contribution in [0.4, 0.5) is 0 Å². The third-order valence-electron chi connectivity index (χ3n) is 3.89. The summed E-state index contributed by atoms with van der Waals surface area (Å²) in [4.78, 5) is 14.4. The Labute approximate surface area is 111 Å². The molecule has 1 heterocycles. The highest BCUT2D eigenvalue weighted by atomic mass is 35.5. The molecule has 0 saturated carbocycles. The Morgan fingerprint density at radius 3 is 2.47 bits per heavy atom. The number of halogens is 1. The highest BCUT2D eigenvalue weighted by molar-refractivity contribution is 6.18. The van der Waals surface area contributed by atoms with Crippen molar-refractivity contribution in [3.05, 3.63) is 0 Å². The van der Waals surface area contributed by atoms with Crippen LogP contribution in [0.2, 0.25) is 0 Å². The van der Waals surface area contributed by atoms with Gasteiger partial charge >= 0.3 is 0 Å². The van der Waals surface area contributed by atoms with Gasteiger partial charge in [-0.05, 0) is 31.6 Å². The Kier molecular flexibility index (Phi) is 6.94. The summed E-state index contributed by atoms with van der Waals surface area (Å²) in [6.07, 6.45) is 6.55. The average molecular weight is 260 g/mol. The lowest BCUT2D eigenvalue weighted by Crippen LogP contribution is -2.42. The van der Waals surface area contributed by atoms with Crippen molar-refractivity contribution < 1.29 is 4.79 Å². The van der Waals surface area contributed by atoms with Gasteiger partial charge in [0.05, 0.1) is 0 Å². The van der Waals surface area contributed by atoms with Crippen LogP contribution in [0.3, 0.4) is 0 Å². The van der Waals surface area contributed by atoms with Gasteiger partial charge in [0.15, 0.2) is 0 Å². The quantitative estimate of drug-likeness (QED) is 0.667. The maximum absolute atomic E-state index is 12.3. The molecule has 1 unspecified atom stereocenters. The first-order valence-electron chi connectivity index (χ1n) is 7.07. The molecular weight excluding hydrogens is 234 g/mol. The predicted molar refractivity (Wildman–Crippen MR) is 73.3 cm³/mol. The van der Waals surface area contributed by atoms with Gasteiger partial charge < -0.3 is 4.90 Å². The molecule has 1 aliphatic heterocycles. The summed E-state index contributed by atoms with van der Waals surface area (Å²) < 4.78 is 0. The third-order valence-corrected chi connectivity index (χ3v) is 4.33. The van der Waals surface area contributed by atoms with E-state index in [2.05, 4.69) is 18.7 Å². The average Bonchev–Trinajstić information content (AvgIpc) is 2.39. The highest BCUT2D eigenvalue weighted by Gasteiger charge is 2.26. The van der Waals surface area contributed by atoms with Gasteiger partial charge in [0, 0.05) is 24.9 Å².